The number of thiocarbonyl (C=S) groups is 2. The van der Waals surface area contributed by atoms with E-state index in [9.17, 15) is 16.8 Å². The molecule has 0 amide bonds. The Labute approximate surface area is 191 Å². The summed E-state index contributed by atoms with van der Waals surface area (Å²) in [6, 6.07) is 0. The fourth-order valence-electron chi connectivity index (χ4n) is 2.71. The normalized spacial score (nSPS) is 31.8. The molecule has 2 fully saturated rings. The third-order valence-electron chi connectivity index (χ3n) is 3.81. The van der Waals surface area contributed by atoms with Crippen molar-refractivity contribution >= 4 is 78.0 Å². The molecule has 2 atom stereocenters. The molecule has 2 saturated heterocycles. The van der Waals surface area contributed by atoms with Gasteiger partial charge in [0.05, 0.1) is 23.0 Å². The van der Waals surface area contributed by atoms with Crippen molar-refractivity contribution in [1.82, 2.24) is 10.6 Å². The second kappa shape index (κ2) is 9.50. The van der Waals surface area contributed by atoms with Crippen LogP contribution in [-0.2, 0) is 72.2 Å². The van der Waals surface area contributed by atoms with Crippen LogP contribution in [0.2, 0.25) is 0 Å². The van der Waals surface area contributed by atoms with E-state index in [0.717, 1.165) is 0 Å². The average Bonchev–Trinajstić information content (AvgIpc) is 2.73. The number of hydrogen-bond donors (Lipinski definition) is 2. The molecule has 0 aromatic heterocycles. The van der Waals surface area contributed by atoms with E-state index in [1.807, 2.05) is 13.8 Å². The van der Waals surface area contributed by atoms with Crippen molar-refractivity contribution in [2.24, 2.45) is 0 Å². The minimum atomic E-state index is -2.87. The molecule has 2 unspecified atom stereocenters. The Morgan fingerprint density at radius 3 is 1.28 bits per heavy atom. The van der Waals surface area contributed by atoms with Crippen molar-refractivity contribution in [3.63, 3.8) is 0 Å². The minimum absolute atomic E-state index is 0. The van der Waals surface area contributed by atoms with Gasteiger partial charge in [0, 0.05) is 11.1 Å². The standard InChI is InChI=1S/2C6H11NO2S3.Cd/c2*1-6(7-5(10)11)2-3-12(8,9)4-6;/h2*2-4H2,1H3,(H2,7,10,11);/q;;+2/p-2. The van der Waals surface area contributed by atoms with E-state index >= 15 is 0 Å². The molecule has 0 aliphatic carbocycles. The summed E-state index contributed by atoms with van der Waals surface area (Å²) in [5, 5.41) is 5.68. The minimum Gasteiger partial charge on any atom is -0.412 e. The van der Waals surface area contributed by atoms with Crippen LogP contribution in [0.3, 0.4) is 0 Å². The summed E-state index contributed by atoms with van der Waals surface area (Å²) in [7, 11) is -5.74. The van der Waals surface area contributed by atoms with E-state index in [1.165, 1.54) is 0 Å². The molecule has 13 heteroatoms. The van der Waals surface area contributed by atoms with E-state index < -0.39 is 30.8 Å². The molecule has 2 N–H and O–H groups in total. The second-order valence-electron chi connectivity index (χ2n) is 6.63. The molecule has 2 heterocycles. The van der Waals surface area contributed by atoms with E-state index in [0.29, 0.717) is 12.8 Å². The number of sulfone groups is 2. The van der Waals surface area contributed by atoms with Gasteiger partial charge in [-0.25, -0.2) is 16.8 Å². The Morgan fingerprint density at radius 2 is 1.12 bits per heavy atom. The van der Waals surface area contributed by atoms with Gasteiger partial charge in [-0.15, -0.1) is 0 Å². The largest absolute Gasteiger partial charge is 2.00 e. The SMILES string of the molecule is CC1(NC(=S)[S-])CCS(=O)(=O)C1.CC1(NC(=S)[S-])CCS(=O)(=O)C1.[Cd+2]. The smallest absolute Gasteiger partial charge is 0.412 e. The zero-order valence-corrected chi connectivity index (χ0v) is 23.0. The van der Waals surface area contributed by atoms with Gasteiger partial charge >= 0.3 is 27.3 Å². The first-order chi connectivity index (χ1) is 10.7. The molecule has 2 aliphatic rings. The van der Waals surface area contributed by atoms with Gasteiger partial charge in [0.15, 0.2) is 19.7 Å². The molecule has 6 nitrogen and oxygen atoms in total. The summed E-state index contributed by atoms with van der Waals surface area (Å²) in [5.41, 5.74) is -0.866. The van der Waals surface area contributed by atoms with Crippen molar-refractivity contribution in [2.45, 2.75) is 37.8 Å². The fraction of sp³-hybridized carbons (Fsp3) is 0.833. The summed E-state index contributed by atoms with van der Waals surface area (Å²) in [4.78, 5) is 0. The van der Waals surface area contributed by atoms with E-state index in [-0.39, 0.29) is 59.0 Å². The number of rotatable bonds is 2. The van der Waals surface area contributed by atoms with Crippen LogP contribution in [0, 0.1) is 0 Å². The zero-order valence-electron chi connectivity index (χ0n) is 14.0. The van der Waals surface area contributed by atoms with Crippen molar-refractivity contribution < 1.29 is 44.1 Å². The third kappa shape index (κ3) is 9.69. The first-order valence-electron chi connectivity index (χ1n) is 7.05. The molecule has 0 saturated carbocycles. The van der Waals surface area contributed by atoms with E-state index in [4.69, 9.17) is 0 Å². The van der Waals surface area contributed by atoms with Crippen molar-refractivity contribution in [1.29, 1.82) is 0 Å². The number of nitrogens with one attached hydrogen (secondary N) is 2. The van der Waals surface area contributed by atoms with Gasteiger partial charge in [0.2, 0.25) is 0 Å². The van der Waals surface area contributed by atoms with Crippen LogP contribution in [-0.4, -0.2) is 59.6 Å². The van der Waals surface area contributed by atoms with Gasteiger partial charge in [-0.1, -0.05) is 8.64 Å². The van der Waals surface area contributed by atoms with Gasteiger partial charge in [-0.05, 0) is 26.7 Å². The molecule has 0 spiro atoms. The predicted molar refractivity (Wildman–Crippen MR) is 110 cm³/mol. The number of hydrogen-bond acceptors (Lipinski definition) is 8. The maximum absolute atomic E-state index is 11.1. The van der Waals surface area contributed by atoms with Crippen molar-refractivity contribution in [2.75, 3.05) is 23.0 Å². The van der Waals surface area contributed by atoms with Crippen LogP contribution < -0.4 is 10.6 Å². The maximum Gasteiger partial charge on any atom is 2.00 e. The summed E-state index contributed by atoms with van der Waals surface area (Å²) in [6.45, 7) is 3.66. The molecule has 0 radical (unpaired) electrons. The van der Waals surface area contributed by atoms with Gasteiger partial charge in [-0.3, -0.25) is 0 Å². The molecule has 25 heavy (non-hydrogen) atoms. The molecule has 2 rings (SSSR count). The molecule has 140 valence electrons. The van der Waals surface area contributed by atoms with Gasteiger partial charge in [0.1, 0.15) is 0 Å². The Hall–Kier alpha value is 1.04. The molecule has 0 aromatic rings. The van der Waals surface area contributed by atoms with Crippen LogP contribution in [0.1, 0.15) is 26.7 Å². The monoisotopic (exact) mass is 562 g/mol. The van der Waals surface area contributed by atoms with Crippen LogP contribution in [0.4, 0.5) is 0 Å². The Bertz CT molecular complexity index is 664. The fourth-order valence-corrected chi connectivity index (χ4v) is 7.88. The Morgan fingerprint density at radius 1 is 0.840 bits per heavy atom. The van der Waals surface area contributed by atoms with Gasteiger partial charge in [-0.2, -0.15) is 0 Å². The third-order valence-corrected chi connectivity index (χ3v) is 8.03. The van der Waals surface area contributed by atoms with Gasteiger partial charge < -0.3 is 60.3 Å². The topological polar surface area (TPSA) is 92.3 Å². The predicted octanol–water partition coefficient (Wildman–Crippen LogP) is -0.0325. The van der Waals surface area contributed by atoms with Crippen LogP contribution >= 0.6 is 24.4 Å². The van der Waals surface area contributed by atoms with Gasteiger partial charge in [0.25, 0.3) is 0 Å². The maximum atomic E-state index is 11.1. The quantitative estimate of drug-likeness (QED) is 0.272. The van der Waals surface area contributed by atoms with E-state index in [1.54, 1.807) is 0 Å². The molecule has 0 aromatic carbocycles. The van der Waals surface area contributed by atoms with Crippen molar-refractivity contribution in [3.8, 4) is 0 Å². The average molecular weight is 561 g/mol. The molecule has 0 bridgehead atoms. The summed E-state index contributed by atoms with van der Waals surface area (Å²) in [6.07, 6.45) is 1.18. The first kappa shape index (κ1) is 26.0. The molecule has 2 aliphatic heterocycles. The Balaban J connectivity index is 0.000000443. The zero-order chi connectivity index (χ0) is 18.8. The Kier molecular flexibility index (Phi) is 9.89. The van der Waals surface area contributed by atoms with Crippen LogP contribution in [0.25, 0.3) is 0 Å². The van der Waals surface area contributed by atoms with Crippen LogP contribution in [0.15, 0.2) is 0 Å². The first-order valence-corrected chi connectivity index (χ1v) is 12.3. The van der Waals surface area contributed by atoms with E-state index in [2.05, 4.69) is 60.3 Å². The van der Waals surface area contributed by atoms with Crippen LogP contribution in [0.5, 0.6) is 0 Å². The summed E-state index contributed by atoms with van der Waals surface area (Å²) < 4.78 is 44.9. The second-order valence-corrected chi connectivity index (χ2v) is 13.1. The summed E-state index contributed by atoms with van der Waals surface area (Å²) >= 11 is 18.8. The molecular weight excluding hydrogens is 541 g/mol. The summed E-state index contributed by atoms with van der Waals surface area (Å²) in [5.74, 6) is 0.733. The molecular formula is C12H20CdN2O4S6. The van der Waals surface area contributed by atoms with Crippen molar-refractivity contribution in [3.05, 3.63) is 0 Å².